The van der Waals surface area contributed by atoms with Crippen molar-refractivity contribution < 1.29 is 27.6 Å². The summed E-state index contributed by atoms with van der Waals surface area (Å²) >= 11 is 0.870. The molecule has 3 rings (SSSR count). The van der Waals surface area contributed by atoms with Gasteiger partial charge >= 0.3 is 12.2 Å². The molecule has 1 aliphatic rings. The first kappa shape index (κ1) is 20.6. The number of nitrogens with zero attached hydrogens (tertiary/aromatic N) is 2. The summed E-state index contributed by atoms with van der Waals surface area (Å²) in [6.07, 6.45) is -3.83. The maximum Gasteiger partial charge on any atom is 0.417 e. The lowest BCUT2D eigenvalue weighted by Gasteiger charge is -2.22. The summed E-state index contributed by atoms with van der Waals surface area (Å²) in [6.45, 7) is 1.52. The fourth-order valence-electron chi connectivity index (χ4n) is 2.64. The zero-order valence-electron chi connectivity index (χ0n) is 15.0. The molecule has 2 aromatic rings. The highest BCUT2D eigenvalue weighted by atomic mass is 32.2. The van der Waals surface area contributed by atoms with Crippen LogP contribution in [0.15, 0.2) is 53.7 Å². The Kier molecular flexibility index (Phi) is 5.51. The number of nitrogens with one attached hydrogen (secondary N) is 2. The van der Waals surface area contributed by atoms with Crippen LogP contribution >= 0.6 is 11.8 Å². The van der Waals surface area contributed by atoms with Crippen molar-refractivity contribution in [2.45, 2.75) is 23.7 Å². The Morgan fingerprint density at radius 1 is 1.21 bits per heavy atom. The van der Waals surface area contributed by atoms with E-state index in [1.165, 1.54) is 6.92 Å². The fourth-order valence-corrected chi connectivity index (χ4v) is 3.27. The van der Waals surface area contributed by atoms with Crippen LogP contribution in [0, 0.1) is 0 Å². The number of alkyl halides is 3. The van der Waals surface area contributed by atoms with E-state index >= 15 is 0 Å². The quantitative estimate of drug-likeness (QED) is 0.569. The monoisotopic (exact) mass is 424 g/mol. The van der Waals surface area contributed by atoms with Gasteiger partial charge < -0.3 is 5.32 Å². The van der Waals surface area contributed by atoms with Gasteiger partial charge in [0.2, 0.25) is 5.91 Å². The van der Waals surface area contributed by atoms with E-state index in [4.69, 9.17) is 0 Å². The van der Waals surface area contributed by atoms with Gasteiger partial charge in [0.1, 0.15) is 5.54 Å². The first-order valence-electron chi connectivity index (χ1n) is 8.29. The van der Waals surface area contributed by atoms with Crippen molar-refractivity contribution in [2.75, 3.05) is 5.75 Å². The van der Waals surface area contributed by atoms with Crippen LogP contribution in [0.5, 0.6) is 0 Å². The van der Waals surface area contributed by atoms with Gasteiger partial charge in [0.25, 0.3) is 5.91 Å². The Hall–Kier alpha value is -3.08. The van der Waals surface area contributed by atoms with Crippen LogP contribution in [0.3, 0.4) is 0 Å². The maximum absolute atomic E-state index is 12.7. The second-order valence-corrected chi connectivity index (χ2v) is 7.26. The number of halogens is 3. The van der Waals surface area contributed by atoms with Gasteiger partial charge in [0.05, 0.1) is 16.3 Å². The van der Waals surface area contributed by atoms with Crippen molar-refractivity contribution in [3.05, 3.63) is 59.8 Å². The largest absolute Gasteiger partial charge is 0.417 e. The molecule has 4 amide bonds. The molecule has 1 aromatic heterocycles. The highest BCUT2D eigenvalue weighted by Gasteiger charge is 2.49. The number of thioether (sulfide) groups is 1. The molecule has 1 aromatic carbocycles. The molecule has 0 spiro atoms. The molecule has 11 heteroatoms. The number of aromatic nitrogens is 1. The van der Waals surface area contributed by atoms with Crippen molar-refractivity contribution in [3.63, 3.8) is 0 Å². The van der Waals surface area contributed by atoms with E-state index in [2.05, 4.69) is 15.7 Å². The van der Waals surface area contributed by atoms with E-state index in [0.717, 1.165) is 23.9 Å². The van der Waals surface area contributed by atoms with Crippen molar-refractivity contribution in [2.24, 2.45) is 0 Å². The average Bonchev–Trinajstić information content (AvgIpc) is 2.91. The van der Waals surface area contributed by atoms with E-state index in [-0.39, 0.29) is 10.8 Å². The molecular weight excluding hydrogens is 409 g/mol. The number of hydrogen-bond acceptors (Lipinski definition) is 5. The summed E-state index contributed by atoms with van der Waals surface area (Å²) in [6, 6.07) is 9.76. The van der Waals surface area contributed by atoms with E-state index < -0.39 is 35.1 Å². The number of urea groups is 1. The number of carbonyl (C=O) groups is 3. The lowest BCUT2D eigenvalue weighted by atomic mass is 9.92. The van der Waals surface area contributed by atoms with Crippen LogP contribution in [-0.4, -0.2) is 33.6 Å². The summed E-state index contributed by atoms with van der Waals surface area (Å²) in [4.78, 5) is 40.6. The van der Waals surface area contributed by atoms with Crippen LogP contribution in [-0.2, 0) is 21.3 Å². The summed E-state index contributed by atoms with van der Waals surface area (Å²) < 4.78 is 37.6. The topological polar surface area (TPSA) is 91.4 Å². The number of rotatable bonds is 5. The zero-order valence-corrected chi connectivity index (χ0v) is 15.8. The number of pyridine rings is 1. The number of carbonyl (C=O) groups excluding carboxylic acids is 3. The Morgan fingerprint density at radius 3 is 2.48 bits per heavy atom. The standard InChI is InChI=1S/C18H15F3N4O3S/c1-17(11-5-3-2-4-6-11)15(27)25(16(28)23-17)24-13(26)10-29-14-8-7-12(9-22-14)18(19,20)21/h2-9H,10H2,1H3,(H,23,28)(H,24,26). The van der Waals surface area contributed by atoms with E-state index in [0.29, 0.717) is 16.8 Å². The zero-order chi connectivity index (χ0) is 21.2. The molecule has 7 nitrogen and oxygen atoms in total. The van der Waals surface area contributed by atoms with Gasteiger partial charge in [0, 0.05) is 6.20 Å². The van der Waals surface area contributed by atoms with Gasteiger partial charge in [0.15, 0.2) is 0 Å². The second-order valence-electron chi connectivity index (χ2n) is 6.27. The number of imide groups is 1. The molecule has 0 aliphatic carbocycles. The van der Waals surface area contributed by atoms with Gasteiger partial charge in [-0.3, -0.25) is 15.0 Å². The van der Waals surface area contributed by atoms with Gasteiger partial charge in [-0.2, -0.15) is 18.2 Å². The molecule has 0 saturated carbocycles. The molecule has 1 unspecified atom stereocenters. The fraction of sp³-hybridized carbons (Fsp3) is 0.222. The SMILES string of the molecule is CC1(c2ccccc2)NC(=O)N(NC(=O)CSc2ccc(C(F)(F)F)cn2)C1=O. The highest BCUT2D eigenvalue weighted by molar-refractivity contribution is 7.99. The molecule has 2 N–H and O–H groups in total. The Labute approximate surface area is 167 Å². The van der Waals surface area contributed by atoms with Crippen molar-refractivity contribution in [1.82, 2.24) is 20.7 Å². The number of amides is 4. The van der Waals surface area contributed by atoms with Crippen LogP contribution in [0.25, 0.3) is 0 Å². The third-order valence-corrected chi connectivity index (χ3v) is 5.14. The smallest absolute Gasteiger partial charge is 0.318 e. The maximum atomic E-state index is 12.7. The van der Waals surface area contributed by atoms with Crippen molar-refractivity contribution >= 4 is 29.6 Å². The first-order chi connectivity index (χ1) is 13.6. The molecule has 0 bridgehead atoms. The number of benzene rings is 1. The third-order valence-electron chi connectivity index (χ3n) is 4.19. The van der Waals surface area contributed by atoms with Crippen LogP contribution in [0.4, 0.5) is 18.0 Å². The van der Waals surface area contributed by atoms with Crippen molar-refractivity contribution in [1.29, 1.82) is 0 Å². The number of hydrazine groups is 1. The molecule has 1 atom stereocenters. The predicted molar refractivity (Wildman–Crippen MR) is 97.3 cm³/mol. The van der Waals surface area contributed by atoms with Gasteiger partial charge in [-0.05, 0) is 24.6 Å². The minimum absolute atomic E-state index is 0.194. The van der Waals surface area contributed by atoms with Crippen molar-refractivity contribution in [3.8, 4) is 0 Å². The minimum Gasteiger partial charge on any atom is -0.318 e. The van der Waals surface area contributed by atoms with Crippen LogP contribution in [0.2, 0.25) is 0 Å². The predicted octanol–water partition coefficient (Wildman–Crippen LogP) is 2.69. The average molecular weight is 424 g/mol. The number of hydrogen-bond donors (Lipinski definition) is 2. The van der Waals surface area contributed by atoms with Gasteiger partial charge in [-0.25, -0.2) is 9.78 Å². The summed E-state index contributed by atoms with van der Waals surface area (Å²) in [7, 11) is 0. The molecule has 1 aliphatic heterocycles. The molecule has 0 radical (unpaired) electrons. The summed E-state index contributed by atoms with van der Waals surface area (Å²) in [5.74, 6) is -1.59. The van der Waals surface area contributed by atoms with Gasteiger partial charge in [-0.15, -0.1) is 0 Å². The molecular formula is C18H15F3N4O3S. The lowest BCUT2D eigenvalue weighted by Crippen LogP contribution is -2.48. The van der Waals surface area contributed by atoms with Crippen LogP contribution in [0.1, 0.15) is 18.1 Å². The normalized spacial score (nSPS) is 19.2. The molecule has 29 heavy (non-hydrogen) atoms. The van der Waals surface area contributed by atoms with E-state index in [1.54, 1.807) is 30.3 Å². The Balaban J connectivity index is 1.61. The van der Waals surface area contributed by atoms with E-state index in [9.17, 15) is 27.6 Å². The summed E-state index contributed by atoms with van der Waals surface area (Å²) in [5, 5.41) is 3.33. The van der Waals surface area contributed by atoms with E-state index in [1.807, 2.05) is 0 Å². The van der Waals surface area contributed by atoms with Gasteiger partial charge in [-0.1, -0.05) is 42.1 Å². The molecule has 1 saturated heterocycles. The second kappa shape index (κ2) is 7.74. The molecule has 1 fully saturated rings. The van der Waals surface area contributed by atoms with Crippen LogP contribution < -0.4 is 10.7 Å². The Morgan fingerprint density at radius 2 is 1.90 bits per heavy atom. The Bertz CT molecular complexity index is 938. The highest BCUT2D eigenvalue weighted by Crippen LogP contribution is 2.30. The minimum atomic E-state index is -4.50. The third kappa shape index (κ3) is 4.34. The molecule has 2 heterocycles. The summed E-state index contributed by atoms with van der Waals surface area (Å²) in [5.41, 5.74) is 0.545. The lowest BCUT2D eigenvalue weighted by molar-refractivity contribution is -0.138. The molecule has 152 valence electrons. The first-order valence-corrected chi connectivity index (χ1v) is 9.27.